The molecule has 0 radical (unpaired) electrons. The molecule has 7 N–H and O–H groups in total. The Balaban J connectivity index is 0.787. The number of rotatable bonds is 23. The van der Waals surface area contributed by atoms with Crippen molar-refractivity contribution in [2.45, 2.75) is 76.8 Å². The Hall–Kier alpha value is -8.51. The van der Waals surface area contributed by atoms with Crippen LogP contribution in [-0.4, -0.2) is 125 Å². The molecule has 8 amide bonds. The molecule has 4 aliphatic heterocycles. The Morgan fingerprint density at radius 1 is 0.784 bits per heavy atom. The van der Waals surface area contributed by atoms with Crippen molar-refractivity contribution in [3.63, 3.8) is 0 Å². The molecule has 24 nitrogen and oxygen atoms in total. The Kier molecular flexibility index (Phi) is 16.1. The molecule has 24 heteroatoms. The first-order chi connectivity index (χ1) is 35.6. The van der Waals surface area contributed by atoms with Crippen LogP contribution in [0.1, 0.15) is 66.8 Å². The number of unbranched alkanes of at least 4 members (excludes halogenated alkanes) is 2. The monoisotopic (exact) mass is 1020 g/mol. The van der Waals surface area contributed by atoms with Crippen molar-refractivity contribution in [3.05, 3.63) is 98.9 Å². The fourth-order valence-electron chi connectivity index (χ4n) is 8.82. The third-order valence-electron chi connectivity index (χ3n) is 12.8. The first-order valence-electron chi connectivity index (χ1n) is 23.8. The minimum Gasteiger partial charge on any atom is -0.458 e. The van der Waals surface area contributed by atoms with Crippen LogP contribution in [0, 0.1) is 0 Å². The summed E-state index contributed by atoms with van der Waals surface area (Å²) in [6, 6.07) is 12.6. The van der Waals surface area contributed by atoms with Gasteiger partial charge in [0.05, 0.1) is 48.6 Å². The van der Waals surface area contributed by atoms with E-state index in [1.165, 1.54) is 16.7 Å². The number of esters is 1. The summed E-state index contributed by atoms with van der Waals surface area (Å²) in [6.45, 7) is -0.756. The number of cyclic esters (lactones) is 1. The summed E-state index contributed by atoms with van der Waals surface area (Å²) in [6.07, 6.45) is 4.09. The molecule has 0 unspecified atom stereocenters. The summed E-state index contributed by atoms with van der Waals surface area (Å²) < 4.78 is 23.3. The van der Waals surface area contributed by atoms with E-state index in [9.17, 15) is 53.1 Å². The number of pyridine rings is 2. The van der Waals surface area contributed by atoms with Gasteiger partial charge in [0.15, 0.2) is 17.1 Å². The van der Waals surface area contributed by atoms with Gasteiger partial charge >= 0.3 is 5.97 Å². The average molecular weight is 1020 g/mol. The maximum Gasteiger partial charge on any atom is 0.343 e. The minimum atomic E-state index is -2.02. The van der Waals surface area contributed by atoms with Crippen molar-refractivity contribution in [1.29, 1.82) is 0 Å². The fourth-order valence-corrected chi connectivity index (χ4v) is 8.82. The second kappa shape index (κ2) is 22.9. The van der Waals surface area contributed by atoms with Gasteiger partial charge in [0.2, 0.25) is 42.2 Å². The second-order valence-corrected chi connectivity index (χ2v) is 17.7. The molecule has 74 heavy (non-hydrogen) atoms. The molecular formula is C50H53N9O15. The van der Waals surface area contributed by atoms with Gasteiger partial charge in [-0.2, -0.15) is 0 Å². The van der Waals surface area contributed by atoms with Gasteiger partial charge in [-0.05, 0) is 42.5 Å². The number of benzene rings is 2. The molecular weight excluding hydrogens is 967 g/mol. The number of carbonyl (C=O) groups excluding carboxylic acids is 9. The summed E-state index contributed by atoms with van der Waals surface area (Å²) in [5.74, 6) is -4.38. The summed E-state index contributed by atoms with van der Waals surface area (Å²) in [7, 11) is 0. The molecule has 0 aliphatic carbocycles. The number of aliphatic hydroxyl groups is 1. The van der Waals surface area contributed by atoms with Crippen LogP contribution in [0.2, 0.25) is 0 Å². The molecule has 4 aliphatic rings. The number of ether oxygens (including phenoxy) is 4. The van der Waals surface area contributed by atoms with Crippen molar-refractivity contribution in [2.75, 3.05) is 46.3 Å². The Bertz CT molecular complexity index is 3010. The van der Waals surface area contributed by atoms with Gasteiger partial charge in [-0.1, -0.05) is 43.7 Å². The van der Waals surface area contributed by atoms with Crippen molar-refractivity contribution < 1.29 is 67.2 Å². The molecule has 0 bridgehead atoms. The van der Waals surface area contributed by atoms with E-state index in [-0.39, 0.29) is 75.2 Å². The van der Waals surface area contributed by atoms with Gasteiger partial charge in [0.1, 0.15) is 26.0 Å². The molecule has 2 aromatic heterocycles. The lowest BCUT2D eigenvalue weighted by Gasteiger charge is -2.31. The molecule has 6 heterocycles. The second-order valence-electron chi connectivity index (χ2n) is 17.7. The number of imide groups is 1. The van der Waals surface area contributed by atoms with Gasteiger partial charge < -0.3 is 60.5 Å². The largest absolute Gasteiger partial charge is 0.458 e. The van der Waals surface area contributed by atoms with Gasteiger partial charge in [0.25, 0.3) is 17.4 Å². The number of amides is 8. The van der Waals surface area contributed by atoms with Crippen LogP contribution >= 0.6 is 0 Å². The summed E-state index contributed by atoms with van der Waals surface area (Å²) in [4.78, 5) is 133. The van der Waals surface area contributed by atoms with Gasteiger partial charge in [0, 0.05) is 60.7 Å². The van der Waals surface area contributed by atoms with Crippen LogP contribution in [-0.2, 0) is 84.3 Å². The fraction of sp³-hybridized carbons (Fsp3) is 0.380. The molecule has 0 fully saturated rings. The van der Waals surface area contributed by atoms with E-state index >= 15 is 0 Å². The zero-order valence-corrected chi connectivity index (χ0v) is 40.2. The van der Waals surface area contributed by atoms with E-state index in [1.54, 1.807) is 55.5 Å². The third-order valence-corrected chi connectivity index (χ3v) is 12.8. The Labute approximate surface area is 421 Å². The average Bonchev–Trinajstić information content (AvgIpc) is 4.11. The van der Waals surface area contributed by atoms with Crippen LogP contribution in [0.3, 0.4) is 0 Å². The van der Waals surface area contributed by atoms with E-state index < -0.39 is 91.6 Å². The zero-order chi connectivity index (χ0) is 52.5. The minimum absolute atomic E-state index is 0.00398. The predicted molar refractivity (Wildman–Crippen MR) is 257 cm³/mol. The van der Waals surface area contributed by atoms with E-state index in [2.05, 4.69) is 31.9 Å². The van der Waals surface area contributed by atoms with E-state index in [4.69, 9.17) is 23.9 Å². The highest BCUT2D eigenvalue weighted by atomic mass is 16.7. The zero-order valence-electron chi connectivity index (χ0n) is 40.2. The smallest absolute Gasteiger partial charge is 0.343 e. The van der Waals surface area contributed by atoms with Crippen molar-refractivity contribution in [3.8, 4) is 22.9 Å². The van der Waals surface area contributed by atoms with Crippen LogP contribution in [0.5, 0.6) is 11.5 Å². The quantitative estimate of drug-likeness (QED) is 0.0180. The first kappa shape index (κ1) is 51.8. The number of carbonyl (C=O) groups is 9. The van der Waals surface area contributed by atoms with E-state index in [0.29, 0.717) is 69.7 Å². The molecule has 8 rings (SSSR count). The molecule has 388 valence electrons. The van der Waals surface area contributed by atoms with Crippen molar-refractivity contribution in [1.82, 2.24) is 46.4 Å². The standard InChI is InChI=1S/C50H53N9O15/c1-2-50(70)33-17-36-46-31(23-59(36)48(68)32(33)24-72-49(50)69)30(29-16-37-38(74-27-73-37)18-34(29)57-46)19-51-43(64)25-71-26-55-41(62)21-54-47(67)35(15-28-9-5-3-6-10-28)56-42(63)22-53-40(61)20-52-39(60)11-7-4-8-14-58-44(65)12-13-45(58)66/h3,5-6,9-10,12-13,16-18,35,70H,2,4,7-8,11,14-15,19-27H2,1H3,(H,51,64)(H,52,60)(H,53,61)(H,54,67)(H,55,62)(H,56,63)/t35-,50-/m0/s1. The van der Waals surface area contributed by atoms with Crippen LogP contribution < -0.4 is 46.9 Å². The molecule has 0 saturated heterocycles. The SMILES string of the molecule is CC[C@@]1(O)C(=O)OCc2c1cc1n(c2=O)Cc2c-1nc1cc3c(cc1c2CNC(=O)COCNC(=O)CNC(=O)[C@H](Cc1ccccc1)NC(=O)CNC(=O)CNC(=O)CCCCCN1C(=O)C=CC1=O)OCO3. The molecule has 2 atom stereocenters. The third kappa shape index (κ3) is 11.7. The highest BCUT2D eigenvalue weighted by molar-refractivity contribution is 6.12. The highest BCUT2D eigenvalue weighted by Gasteiger charge is 2.45. The number of fused-ring (bicyclic) bond motifs is 6. The normalized spacial score (nSPS) is 16.2. The predicted octanol–water partition coefficient (Wildman–Crippen LogP) is -0.924. The maximum atomic E-state index is 13.9. The number of aromatic nitrogens is 2. The molecule has 0 saturated carbocycles. The molecule has 4 aromatic rings. The summed E-state index contributed by atoms with van der Waals surface area (Å²) in [5, 5.41) is 27.1. The number of nitrogens with zero attached hydrogens (tertiary/aromatic N) is 3. The van der Waals surface area contributed by atoms with E-state index in [1.807, 2.05) is 0 Å². The Morgan fingerprint density at radius 2 is 1.49 bits per heavy atom. The van der Waals surface area contributed by atoms with E-state index in [0.717, 1.165) is 4.90 Å². The lowest BCUT2D eigenvalue weighted by atomic mass is 9.86. The van der Waals surface area contributed by atoms with Gasteiger partial charge in [-0.15, -0.1) is 0 Å². The maximum absolute atomic E-state index is 13.9. The van der Waals surface area contributed by atoms with Gasteiger partial charge in [-0.3, -0.25) is 48.1 Å². The summed E-state index contributed by atoms with van der Waals surface area (Å²) in [5.41, 5.74) is 1.01. The van der Waals surface area contributed by atoms with Crippen LogP contribution in [0.4, 0.5) is 0 Å². The number of hydrogen-bond donors (Lipinski definition) is 7. The first-order valence-corrected chi connectivity index (χ1v) is 23.8. The van der Waals surface area contributed by atoms with Crippen LogP contribution in [0.15, 0.2) is 65.5 Å². The van der Waals surface area contributed by atoms with Crippen molar-refractivity contribution in [2.24, 2.45) is 0 Å². The van der Waals surface area contributed by atoms with Crippen molar-refractivity contribution >= 4 is 64.1 Å². The lowest BCUT2D eigenvalue weighted by Crippen LogP contribution is -2.52. The highest BCUT2D eigenvalue weighted by Crippen LogP contribution is 2.43. The molecule has 0 spiro atoms. The van der Waals surface area contributed by atoms with Gasteiger partial charge in [-0.25, -0.2) is 9.78 Å². The summed E-state index contributed by atoms with van der Waals surface area (Å²) >= 11 is 0. The van der Waals surface area contributed by atoms with Crippen LogP contribution in [0.25, 0.3) is 22.3 Å². The number of hydrogen-bond acceptors (Lipinski definition) is 16. The lowest BCUT2D eigenvalue weighted by molar-refractivity contribution is -0.172. The molecule has 2 aromatic carbocycles. The number of nitrogens with one attached hydrogen (secondary N) is 6. The topological polar surface area (TPSA) is 321 Å². The Morgan fingerprint density at radius 3 is 2.24 bits per heavy atom.